The second-order valence-electron chi connectivity index (χ2n) is 12.9. The molecule has 3 aliphatic rings. The normalized spacial score (nSPS) is 27.1. The molecule has 2 aromatic rings. The first-order valence-corrected chi connectivity index (χ1v) is 15.4. The molecule has 0 bridgehead atoms. The number of aromatic hydroxyl groups is 1. The maximum Gasteiger partial charge on any atom is 0.416 e. The van der Waals surface area contributed by atoms with Crippen LogP contribution < -0.4 is 11.1 Å². The van der Waals surface area contributed by atoms with E-state index in [1.165, 1.54) is 56.3 Å². The van der Waals surface area contributed by atoms with Gasteiger partial charge in [0.15, 0.2) is 11.4 Å². The van der Waals surface area contributed by atoms with E-state index in [2.05, 4.69) is 5.32 Å². The molecule has 7 atom stereocenters. The van der Waals surface area contributed by atoms with Crippen molar-refractivity contribution in [1.29, 1.82) is 0 Å². The highest BCUT2D eigenvalue weighted by Crippen LogP contribution is 2.57. The van der Waals surface area contributed by atoms with Crippen molar-refractivity contribution in [3.63, 3.8) is 0 Å². The summed E-state index contributed by atoms with van der Waals surface area (Å²) in [6.07, 6.45) is -5.52. The minimum Gasteiger partial charge on any atom is -0.508 e. The van der Waals surface area contributed by atoms with E-state index in [0.717, 1.165) is 12.6 Å². The Morgan fingerprint density at radius 1 is 1.06 bits per heavy atom. The van der Waals surface area contributed by atoms with Crippen molar-refractivity contribution in [1.82, 2.24) is 10.2 Å². The average molecular weight is 764 g/mol. The molecule has 0 spiro atoms. The van der Waals surface area contributed by atoms with Gasteiger partial charge in [-0.1, -0.05) is 37.3 Å². The van der Waals surface area contributed by atoms with Crippen LogP contribution in [0, 0.1) is 11.8 Å². The molecule has 1 fully saturated rings. The molecule has 18 heteroatoms. The zero-order valence-corrected chi connectivity index (χ0v) is 29.6. The van der Waals surface area contributed by atoms with Crippen LogP contribution >= 0.6 is 12.4 Å². The number of amides is 1. The monoisotopic (exact) mass is 763 g/mol. The Labute approximate surface area is 303 Å². The Kier molecular flexibility index (Phi) is 14.4. The number of carbonyl (C=O) groups is 3. The number of ketones is 2. The molecule has 3 aliphatic carbocycles. The largest absolute Gasteiger partial charge is 0.508 e. The van der Waals surface area contributed by atoms with Crippen LogP contribution in [0.15, 0.2) is 59.4 Å². The molecule has 1 saturated carbocycles. The second kappa shape index (κ2) is 16.3. The summed E-state index contributed by atoms with van der Waals surface area (Å²) in [5, 5.41) is 69.5. The lowest BCUT2D eigenvalue weighted by molar-refractivity contribution is -0.181. The van der Waals surface area contributed by atoms with Crippen LogP contribution in [-0.4, -0.2) is 108 Å². The molecule has 0 aromatic heterocycles. The number of phenols is 1. The van der Waals surface area contributed by atoms with E-state index in [9.17, 15) is 58.2 Å². The molecule has 0 aliphatic heterocycles. The smallest absolute Gasteiger partial charge is 0.416 e. The Bertz CT molecular complexity index is 1750. The van der Waals surface area contributed by atoms with Gasteiger partial charge in [-0.05, 0) is 64.2 Å². The maximum atomic E-state index is 13.7. The number of aliphatic hydroxyl groups excluding tert-OH is 3. The molecule has 1 unspecified atom stereocenters. The molecular formula is C34H45ClF3N3O11. The molecule has 2 aromatic carbocycles. The maximum absolute atomic E-state index is 13.7. The fourth-order valence-electron chi connectivity index (χ4n) is 7.25. The summed E-state index contributed by atoms with van der Waals surface area (Å²) >= 11 is 0. The first kappa shape index (κ1) is 46.0. The number of Topliss-reactive ketones (excluding diaryl/α,β-unsaturated/α-hetero) is 2. The number of likely N-dealkylation sites (N-methyl/N-ethyl adjacent to an activating group) is 2. The van der Waals surface area contributed by atoms with Gasteiger partial charge in [0.2, 0.25) is 5.78 Å². The summed E-state index contributed by atoms with van der Waals surface area (Å²) in [7, 11) is 2.80. The van der Waals surface area contributed by atoms with Gasteiger partial charge in [-0.15, -0.1) is 12.4 Å². The van der Waals surface area contributed by atoms with Gasteiger partial charge in [0.25, 0.3) is 5.91 Å². The average Bonchev–Trinajstić information content (AvgIpc) is 2.99. The molecule has 0 heterocycles. The number of benzene rings is 2. The molecule has 290 valence electrons. The number of halogens is 4. The van der Waals surface area contributed by atoms with Crippen molar-refractivity contribution in [2.24, 2.45) is 17.6 Å². The highest BCUT2D eigenvalue weighted by molar-refractivity contribution is 6.24. The highest BCUT2D eigenvalue weighted by Gasteiger charge is 2.70. The van der Waals surface area contributed by atoms with Crippen LogP contribution in [0.2, 0.25) is 0 Å². The number of fused-ring (bicyclic) bond motifs is 3. The highest BCUT2D eigenvalue weighted by atomic mass is 35.5. The molecule has 52 heavy (non-hydrogen) atoms. The van der Waals surface area contributed by atoms with Gasteiger partial charge in [-0.2, -0.15) is 13.2 Å². The Hall–Kier alpha value is -4.07. The summed E-state index contributed by atoms with van der Waals surface area (Å²) in [5.41, 5.74) is -1.64. The van der Waals surface area contributed by atoms with Crippen molar-refractivity contribution in [2.45, 2.75) is 62.8 Å². The van der Waals surface area contributed by atoms with Crippen molar-refractivity contribution >= 4 is 35.6 Å². The number of rotatable bonds is 6. The van der Waals surface area contributed by atoms with E-state index >= 15 is 0 Å². The van der Waals surface area contributed by atoms with Crippen molar-refractivity contribution < 1.29 is 69.1 Å². The third-order valence-electron chi connectivity index (χ3n) is 9.38. The summed E-state index contributed by atoms with van der Waals surface area (Å²) in [4.78, 5) is 39.9. The fourth-order valence-corrected chi connectivity index (χ4v) is 7.25. The molecular weight excluding hydrogens is 719 g/mol. The van der Waals surface area contributed by atoms with Gasteiger partial charge in [0.1, 0.15) is 22.8 Å². The number of nitrogens with two attached hydrogens (primary N) is 1. The lowest BCUT2D eigenvalue weighted by atomic mass is 9.53. The number of hydrogen-bond donors (Lipinski definition) is 8. The zero-order valence-electron chi connectivity index (χ0n) is 28.8. The standard InChI is InChI=1S/C22H24N2O9.C12H16F3N.ClH.2H2O/c1-21(32)7-5-4-6-8(25)9(7)15(26)10-12(21)17(28)13-14(24(2)3)16(27)11(20(23)31)19(30)22(13,33)18(10)29;1-3-16-9(2)7-10-5-4-6-11(8-10)12(13,14)15;;;/h4-6,12-14,17,25-26,28,30,32-33H,1-3H3,(H2,23,31);4-6,8-9,16H,3,7H2,1-2H3;1H;2*1H2/t12-,13-,14+,17+,21-,22+;;;;/m1..../s1. The quantitative estimate of drug-likeness (QED) is 0.189. The van der Waals surface area contributed by atoms with Crippen molar-refractivity contribution in [3.05, 3.63) is 81.6 Å². The number of carbonyl (C=O) groups excluding carboxylic acids is 3. The zero-order chi connectivity index (χ0) is 37.0. The first-order chi connectivity index (χ1) is 22.6. The molecule has 0 saturated heterocycles. The SMILES string of the molecule is CCNC(C)Cc1cccc(C(F)(F)F)c1.CN(C)[C@@H]1C(=O)C(C(N)=O)=C(O)[C@@]2(O)C(=O)C3=C(O)c4c(O)cccc4[C@@](C)(O)[C@H]3[C@H](O)[C@@H]12.Cl.O.O. The fraction of sp³-hybridized carbons (Fsp3) is 0.441. The number of hydrogen-bond acceptors (Lipinski definition) is 11. The summed E-state index contributed by atoms with van der Waals surface area (Å²) in [6.45, 7) is 6.01. The molecule has 13 N–H and O–H groups in total. The van der Waals surface area contributed by atoms with E-state index in [0.29, 0.717) is 12.0 Å². The molecule has 14 nitrogen and oxygen atoms in total. The number of aliphatic hydroxyl groups is 5. The number of nitrogens with zero attached hydrogens (tertiary/aromatic N) is 1. The minimum atomic E-state index is -4.25. The summed E-state index contributed by atoms with van der Waals surface area (Å²) in [6, 6.07) is 8.19. The van der Waals surface area contributed by atoms with Gasteiger partial charge in [0.05, 0.1) is 46.3 Å². The number of alkyl halides is 3. The van der Waals surface area contributed by atoms with E-state index in [1.807, 2.05) is 13.8 Å². The third kappa shape index (κ3) is 7.53. The number of phenolic OH excluding ortho intramolecular Hbond substituents is 1. The predicted octanol–water partition coefficient (Wildman–Crippen LogP) is 0.618. The van der Waals surface area contributed by atoms with E-state index in [4.69, 9.17) is 5.73 Å². The predicted molar refractivity (Wildman–Crippen MR) is 184 cm³/mol. The second-order valence-corrected chi connectivity index (χ2v) is 12.9. The van der Waals surface area contributed by atoms with Crippen LogP contribution in [-0.2, 0) is 32.6 Å². The van der Waals surface area contributed by atoms with E-state index < -0.39 is 92.8 Å². The van der Waals surface area contributed by atoms with Crippen LogP contribution in [0.5, 0.6) is 5.75 Å². The van der Waals surface area contributed by atoms with Gasteiger partial charge in [-0.3, -0.25) is 19.3 Å². The Morgan fingerprint density at radius 3 is 2.15 bits per heavy atom. The Morgan fingerprint density at radius 2 is 1.63 bits per heavy atom. The van der Waals surface area contributed by atoms with Crippen LogP contribution in [0.3, 0.4) is 0 Å². The number of primary amides is 1. The summed E-state index contributed by atoms with van der Waals surface area (Å²) < 4.78 is 37.3. The van der Waals surface area contributed by atoms with Gasteiger partial charge >= 0.3 is 6.18 Å². The lowest BCUT2D eigenvalue weighted by Crippen LogP contribution is -2.71. The van der Waals surface area contributed by atoms with Gasteiger partial charge < -0.3 is 52.6 Å². The third-order valence-corrected chi connectivity index (χ3v) is 9.38. The van der Waals surface area contributed by atoms with Crippen molar-refractivity contribution in [2.75, 3.05) is 20.6 Å². The lowest BCUT2D eigenvalue weighted by Gasteiger charge is -2.55. The van der Waals surface area contributed by atoms with Crippen LogP contribution in [0.4, 0.5) is 13.2 Å². The first-order valence-electron chi connectivity index (χ1n) is 15.4. The number of nitrogens with one attached hydrogen (secondary N) is 1. The van der Waals surface area contributed by atoms with E-state index in [-0.39, 0.29) is 40.5 Å². The van der Waals surface area contributed by atoms with Gasteiger partial charge in [-0.25, -0.2) is 0 Å². The summed E-state index contributed by atoms with van der Waals surface area (Å²) in [5.74, 6) is -9.67. The molecule has 1 amide bonds. The van der Waals surface area contributed by atoms with E-state index in [1.54, 1.807) is 6.07 Å². The van der Waals surface area contributed by atoms with Crippen LogP contribution in [0.25, 0.3) is 5.76 Å². The molecule has 5 rings (SSSR count). The van der Waals surface area contributed by atoms with Gasteiger partial charge in [0, 0.05) is 6.04 Å². The Balaban J connectivity index is 0.000000608. The van der Waals surface area contributed by atoms with Crippen molar-refractivity contribution in [3.8, 4) is 5.75 Å². The molecule has 0 radical (unpaired) electrons. The van der Waals surface area contributed by atoms with Crippen LogP contribution in [0.1, 0.15) is 43.0 Å². The minimum absolute atomic E-state index is 0. The topological polar surface area (TPSA) is 277 Å².